The number of rotatable bonds is 4. The van der Waals surface area contributed by atoms with Gasteiger partial charge in [0.05, 0.1) is 5.69 Å². The minimum absolute atomic E-state index is 0.0857. The van der Waals surface area contributed by atoms with E-state index in [1.165, 1.54) is 35.2 Å². The summed E-state index contributed by atoms with van der Waals surface area (Å²) >= 11 is 12.1. The Morgan fingerprint density at radius 3 is 2.29 bits per heavy atom. The molecule has 2 aliphatic heterocycles. The first-order valence-electron chi connectivity index (χ1n) is 9.21. The maximum Gasteiger partial charge on any atom is 0.573 e. The van der Waals surface area contributed by atoms with E-state index in [-0.39, 0.29) is 40.9 Å². The van der Waals surface area contributed by atoms with E-state index in [1.54, 1.807) is 0 Å². The molecule has 0 saturated carbocycles. The van der Waals surface area contributed by atoms with Crippen molar-refractivity contribution in [2.75, 3.05) is 11.4 Å². The number of ether oxygens (including phenoxy) is 1. The molecule has 0 unspecified atom stereocenters. The number of imide groups is 1. The van der Waals surface area contributed by atoms with E-state index in [2.05, 4.69) is 4.74 Å². The topological polar surface area (TPSA) is 75.9 Å². The largest absolute Gasteiger partial charge is 0.573 e. The van der Waals surface area contributed by atoms with Crippen LogP contribution in [-0.2, 0) is 11.2 Å². The van der Waals surface area contributed by atoms with E-state index < -0.39 is 29.9 Å². The van der Waals surface area contributed by atoms with Crippen LogP contribution < -0.4 is 15.4 Å². The highest BCUT2D eigenvalue weighted by Gasteiger charge is 2.61. The zero-order valence-electron chi connectivity index (χ0n) is 15.8. The van der Waals surface area contributed by atoms with Crippen LogP contribution in [-0.4, -0.2) is 41.3 Å². The first kappa shape index (κ1) is 21.7. The SMILES string of the molecule is N[C@@H]1CN2C(=O)N(c3cc(Cl)cc(Cl)c3)C(=O)[C@@]2(Cc2ccc(OC(F)(F)F)cc2)C1. The summed E-state index contributed by atoms with van der Waals surface area (Å²) in [7, 11) is 0. The second-order valence-electron chi connectivity index (χ2n) is 7.53. The molecule has 2 N–H and O–H groups in total. The number of hydrogen-bond acceptors (Lipinski definition) is 4. The van der Waals surface area contributed by atoms with Gasteiger partial charge in [0.25, 0.3) is 5.91 Å². The van der Waals surface area contributed by atoms with E-state index in [0.717, 1.165) is 17.0 Å². The van der Waals surface area contributed by atoms with E-state index >= 15 is 0 Å². The highest BCUT2D eigenvalue weighted by Crippen LogP contribution is 2.42. The Hall–Kier alpha value is -2.49. The summed E-state index contributed by atoms with van der Waals surface area (Å²) in [6.45, 7) is 0.171. The van der Waals surface area contributed by atoms with Gasteiger partial charge in [-0.1, -0.05) is 35.3 Å². The predicted molar refractivity (Wildman–Crippen MR) is 108 cm³/mol. The van der Waals surface area contributed by atoms with Gasteiger partial charge >= 0.3 is 12.4 Å². The van der Waals surface area contributed by atoms with Crippen molar-refractivity contribution in [1.82, 2.24) is 4.90 Å². The fourth-order valence-electron chi connectivity index (χ4n) is 4.18. The Labute approximate surface area is 185 Å². The third-order valence-electron chi connectivity index (χ3n) is 5.32. The van der Waals surface area contributed by atoms with Crippen LogP contribution in [0.4, 0.5) is 23.7 Å². The number of nitrogens with two attached hydrogens (primary N) is 1. The van der Waals surface area contributed by atoms with Gasteiger partial charge in [-0.15, -0.1) is 13.2 Å². The molecule has 164 valence electrons. The average Bonchev–Trinajstić information content (AvgIpc) is 3.07. The molecule has 2 aromatic rings. The van der Waals surface area contributed by atoms with Crippen molar-refractivity contribution in [2.24, 2.45) is 5.73 Å². The molecule has 2 heterocycles. The monoisotopic (exact) mass is 473 g/mol. The molecule has 0 aromatic heterocycles. The summed E-state index contributed by atoms with van der Waals surface area (Å²) in [6.07, 6.45) is -4.51. The van der Waals surface area contributed by atoms with Gasteiger partial charge in [-0.05, 0) is 42.3 Å². The number of urea groups is 1. The minimum Gasteiger partial charge on any atom is -0.406 e. The Kier molecular flexibility index (Phi) is 5.31. The minimum atomic E-state index is -4.80. The lowest BCUT2D eigenvalue weighted by Crippen LogP contribution is -2.47. The van der Waals surface area contributed by atoms with E-state index in [9.17, 15) is 22.8 Å². The van der Waals surface area contributed by atoms with Gasteiger partial charge in [0.2, 0.25) is 0 Å². The van der Waals surface area contributed by atoms with E-state index in [0.29, 0.717) is 5.56 Å². The molecule has 0 radical (unpaired) electrons. The first-order valence-corrected chi connectivity index (χ1v) is 9.97. The molecule has 0 bridgehead atoms. The van der Waals surface area contributed by atoms with Gasteiger partial charge < -0.3 is 15.4 Å². The summed E-state index contributed by atoms with van der Waals surface area (Å²) in [5, 5.41) is 0.530. The van der Waals surface area contributed by atoms with Crippen molar-refractivity contribution in [1.29, 1.82) is 0 Å². The lowest BCUT2D eigenvalue weighted by molar-refractivity contribution is -0.274. The number of alkyl halides is 3. The smallest absolute Gasteiger partial charge is 0.406 e. The molecule has 6 nitrogen and oxygen atoms in total. The Balaban J connectivity index is 1.66. The standard InChI is InChI=1S/C20H16Cl2F3N3O3/c21-12-5-13(22)7-15(6-12)28-17(29)19(9-14(26)10-27(19)18(28)30)8-11-1-3-16(4-2-11)31-20(23,24)25/h1-7,14H,8-10,26H2/t14-,19+/m0/s1. The van der Waals surface area contributed by atoms with Crippen molar-refractivity contribution in [3.8, 4) is 5.75 Å². The van der Waals surface area contributed by atoms with Gasteiger partial charge in [0.1, 0.15) is 11.3 Å². The average molecular weight is 474 g/mol. The zero-order chi connectivity index (χ0) is 22.6. The molecule has 0 spiro atoms. The fourth-order valence-corrected chi connectivity index (χ4v) is 4.70. The molecule has 31 heavy (non-hydrogen) atoms. The summed E-state index contributed by atoms with van der Waals surface area (Å²) in [5.74, 6) is -0.864. The van der Waals surface area contributed by atoms with Crippen molar-refractivity contribution in [3.05, 3.63) is 58.1 Å². The van der Waals surface area contributed by atoms with Crippen molar-refractivity contribution < 1.29 is 27.5 Å². The van der Waals surface area contributed by atoms with Gasteiger partial charge in [0.15, 0.2) is 0 Å². The van der Waals surface area contributed by atoms with Crippen LogP contribution in [0, 0.1) is 0 Å². The third kappa shape index (κ3) is 4.05. The normalized spacial score (nSPS) is 23.5. The number of carbonyl (C=O) groups excluding carboxylic acids is 2. The highest BCUT2D eigenvalue weighted by atomic mass is 35.5. The number of carbonyl (C=O) groups is 2. The number of amides is 3. The highest BCUT2D eigenvalue weighted by molar-refractivity contribution is 6.35. The van der Waals surface area contributed by atoms with E-state index in [4.69, 9.17) is 28.9 Å². The predicted octanol–water partition coefficient (Wildman–Crippen LogP) is 4.37. The molecule has 2 fully saturated rings. The molecular formula is C20H16Cl2F3N3O3. The summed E-state index contributed by atoms with van der Waals surface area (Å²) in [4.78, 5) is 29.0. The van der Waals surface area contributed by atoms with Gasteiger partial charge in [-0.25, -0.2) is 9.69 Å². The molecule has 2 saturated heterocycles. The summed E-state index contributed by atoms with van der Waals surface area (Å²) in [6, 6.07) is 8.62. The van der Waals surface area contributed by atoms with Gasteiger partial charge in [0, 0.05) is 29.1 Å². The van der Waals surface area contributed by atoms with Crippen LogP contribution in [0.15, 0.2) is 42.5 Å². The lowest BCUT2D eigenvalue weighted by Gasteiger charge is -2.28. The fraction of sp³-hybridized carbons (Fsp3) is 0.300. The third-order valence-corrected chi connectivity index (χ3v) is 5.75. The Morgan fingerprint density at radius 2 is 1.71 bits per heavy atom. The number of benzene rings is 2. The molecule has 11 heteroatoms. The number of hydrogen-bond donors (Lipinski definition) is 1. The van der Waals surface area contributed by atoms with E-state index in [1.807, 2.05) is 0 Å². The Bertz CT molecular complexity index is 1030. The van der Waals surface area contributed by atoms with Crippen LogP contribution in [0.2, 0.25) is 10.0 Å². The summed E-state index contributed by atoms with van der Waals surface area (Å²) < 4.78 is 41.1. The van der Waals surface area contributed by atoms with Crippen LogP contribution in [0.3, 0.4) is 0 Å². The number of fused-ring (bicyclic) bond motifs is 1. The number of anilines is 1. The molecule has 2 atom stereocenters. The molecule has 2 aliphatic rings. The van der Waals surface area contributed by atoms with Crippen molar-refractivity contribution in [3.63, 3.8) is 0 Å². The van der Waals surface area contributed by atoms with Crippen LogP contribution in [0.5, 0.6) is 5.75 Å². The summed E-state index contributed by atoms with van der Waals surface area (Å²) in [5.41, 5.74) is 5.61. The van der Waals surface area contributed by atoms with Crippen molar-refractivity contribution in [2.45, 2.75) is 30.8 Å². The second kappa shape index (κ2) is 7.58. The van der Waals surface area contributed by atoms with Crippen LogP contribution in [0.1, 0.15) is 12.0 Å². The molecule has 3 amide bonds. The maximum absolute atomic E-state index is 13.5. The molecule has 4 rings (SSSR count). The molecular weight excluding hydrogens is 458 g/mol. The number of halogens is 5. The van der Waals surface area contributed by atoms with Crippen LogP contribution >= 0.6 is 23.2 Å². The molecule has 2 aromatic carbocycles. The lowest BCUT2D eigenvalue weighted by atomic mass is 9.87. The maximum atomic E-state index is 13.5. The number of nitrogens with zero attached hydrogens (tertiary/aromatic N) is 2. The zero-order valence-corrected chi connectivity index (χ0v) is 17.3. The quantitative estimate of drug-likeness (QED) is 0.668. The molecule has 0 aliphatic carbocycles. The van der Waals surface area contributed by atoms with Gasteiger partial charge in [-0.3, -0.25) is 4.79 Å². The first-order chi connectivity index (χ1) is 14.5. The van der Waals surface area contributed by atoms with Gasteiger partial charge in [-0.2, -0.15) is 0 Å². The van der Waals surface area contributed by atoms with Crippen molar-refractivity contribution >= 4 is 40.8 Å². The second-order valence-corrected chi connectivity index (χ2v) is 8.40. The van der Waals surface area contributed by atoms with Crippen LogP contribution in [0.25, 0.3) is 0 Å². The Morgan fingerprint density at radius 1 is 1.10 bits per heavy atom.